The molecule has 1 aliphatic heterocycles. The topological polar surface area (TPSA) is 218 Å². The molecule has 0 saturated carbocycles. The summed E-state index contributed by atoms with van der Waals surface area (Å²) in [5, 5.41) is 67.2. The summed E-state index contributed by atoms with van der Waals surface area (Å²) in [5.41, 5.74) is -1.11. The zero-order chi connectivity index (χ0) is 20.6. The number of ether oxygens (including phenoxy) is 1. The first-order valence-corrected chi connectivity index (χ1v) is 7.90. The molecule has 14 nitrogen and oxygen atoms in total. The van der Waals surface area contributed by atoms with Crippen molar-refractivity contribution < 1.29 is 35.0 Å². The van der Waals surface area contributed by atoms with Crippen molar-refractivity contribution in [2.24, 2.45) is 0 Å². The summed E-state index contributed by atoms with van der Waals surface area (Å²) in [6.45, 7) is -0.639. The van der Waals surface area contributed by atoms with Crippen LogP contribution < -0.4 is 0 Å². The number of non-ortho nitro benzene ring substituents is 2. The number of hydrogen-bond donors (Lipinski definition) is 5. The van der Waals surface area contributed by atoms with Gasteiger partial charge in [0.15, 0.2) is 11.6 Å². The van der Waals surface area contributed by atoms with Gasteiger partial charge in [-0.15, -0.1) is 0 Å². The van der Waals surface area contributed by atoms with Crippen molar-refractivity contribution in [1.29, 1.82) is 0 Å². The van der Waals surface area contributed by atoms with Crippen LogP contribution in [0.25, 0.3) is 11.4 Å². The smallest absolute Gasteiger partial charge is 0.277 e. The van der Waals surface area contributed by atoms with Crippen LogP contribution in [0.1, 0.15) is 11.9 Å². The summed E-state index contributed by atoms with van der Waals surface area (Å²) < 4.78 is 5.33. The van der Waals surface area contributed by atoms with Crippen LogP contribution in [0.4, 0.5) is 11.4 Å². The van der Waals surface area contributed by atoms with Crippen LogP contribution in [0.5, 0.6) is 0 Å². The second-order valence-electron chi connectivity index (χ2n) is 6.05. The Hall–Kier alpha value is -3.04. The number of nitro groups is 2. The Morgan fingerprint density at radius 1 is 1.04 bits per heavy atom. The molecule has 2 aromatic rings. The van der Waals surface area contributed by atoms with E-state index >= 15 is 0 Å². The Morgan fingerprint density at radius 2 is 1.64 bits per heavy atom. The fourth-order valence-corrected chi connectivity index (χ4v) is 2.79. The van der Waals surface area contributed by atoms with Crippen LogP contribution >= 0.6 is 0 Å². The molecule has 150 valence electrons. The number of rotatable bonds is 5. The first kappa shape index (κ1) is 19.7. The number of aromatic amines is 1. The highest BCUT2D eigenvalue weighted by atomic mass is 16.6. The van der Waals surface area contributed by atoms with Crippen molar-refractivity contribution in [2.45, 2.75) is 30.5 Å². The molecule has 1 aromatic carbocycles. The SMILES string of the molecule is O=[N+]([O-])c1cc(-c2n[nH]c([C@@H]3O[C@H](CO)[C@@H](O)[C@H](O)[C@H]3O)n2)cc([N+](=O)[O-])c1. The van der Waals surface area contributed by atoms with Gasteiger partial charge in [0.2, 0.25) is 0 Å². The number of aliphatic hydroxyl groups is 4. The van der Waals surface area contributed by atoms with E-state index in [1.165, 1.54) is 0 Å². The number of nitrogens with zero attached hydrogens (tertiary/aromatic N) is 4. The minimum absolute atomic E-state index is 0.0343. The molecule has 1 aromatic heterocycles. The maximum Gasteiger partial charge on any atom is 0.277 e. The minimum atomic E-state index is -1.64. The monoisotopic (exact) mass is 397 g/mol. The van der Waals surface area contributed by atoms with Crippen molar-refractivity contribution >= 4 is 11.4 Å². The maximum atomic E-state index is 11.0. The molecule has 1 saturated heterocycles. The molecule has 0 unspecified atom stereocenters. The summed E-state index contributed by atoms with van der Waals surface area (Å²) in [6, 6.07) is 2.86. The summed E-state index contributed by atoms with van der Waals surface area (Å²) >= 11 is 0. The third-order valence-electron chi connectivity index (χ3n) is 4.25. The van der Waals surface area contributed by atoms with Crippen LogP contribution in [-0.4, -0.2) is 76.5 Å². The highest BCUT2D eigenvalue weighted by Crippen LogP contribution is 2.32. The average molecular weight is 397 g/mol. The lowest BCUT2D eigenvalue weighted by atomic mass is 9.95. The van der Waals surface area contributed by atoms with Crippen LogP contribution in [0.15, 0.2) is 18.2 Å². The second kappa shape index (κ2) is 7.53. The van der Waals surface area contributed by atoms with Gasteiger partial charge in [0, 0.05) is 17.7 Å². The minimum Gasteiger partial charge on any atom is -0.394 e. The second-order valence-corrected chi connectivity index (χ2v) is 6.05. The van der Waals surface area contributed by atoms with E-state index in [0.717, 1.165) is 18.2 Å². The fraction of sp³-hybridized carbons (Fsp3) is 0.429. The van der Waals surface area contributed by atoms with Crippen molar-refractivity contribution in [3.05, 3.63) is 44.3 Å². The first-order chi connectivity index (χ1) is 13.2. The lowest BCUT2D eigenvalue weighted by Crippen LogP contribution is -2.55. The summed E-state index contributed by atoms with van der Waals surface area (Å²) in [6.07, 6.45) is -7.28. The van der Waals surface area contributed by atoms with Gasteiger partial charge in [0.25, 0.3) is 11.4 Å². The number of aromatic nitrogens is 3. The average Bonchev–Trinajstić information content (AvgIpc) is 3.16. The predicted octanol–water partition coefficient (Wildman–Crippen LogP) is -1.20. The van der Waals surface area contributed by atoms with Gasteiger partial charge in [-0.3, -0.25) is 25.3 Å². The normalized spacial score (nSPS) is 27.5. The molecule has 3 rings (SSSR count). The molecule has 1 fully saturated rings. The molecular weight excluding hydrogens is 382 g/mol. The Labute approximate surface area is 155 Å². The molecule has 14 heteroatoms. The summed E-state index contributed by atoms with van der Waals surface area (Å²) in [4.78, 5) is 24.4. The number of nitrogens with one attached hydrogen (secondary N) is 1. The zero-order valence-electron chi connectivity index (χ0n) is 13.9. The number of hydrogen-bond acceptors (Lipinski definition) is 11. The van der Waals surface area contributed by atoms with E-state index in [2.05, 4.69) is 15.2 Å². The molecule has 0 aliphatic carbocycles. The lowest BCUT2D eigenvalue weighted by Gasteiger charge is -2.38. The quantitative estimate of drug-likeness (QED) is 0.298. The van der Waals surface area contributed by atoms with E-state index in [9.17, 15) is 40.7 Å². The van der Waals surface area contributed by atoms with E-state index in [1.807, 2.05) is 0 Å². The van der Waals surface area contributed by atoms with Gasteiger partial charge in [-0.05, 0) is 0 Å². The van der Waals surface area contributed by atoms with Crippen molar-refractivity contribution in [3.63, 3.8) is 0 Å². The van der Waals surface area contributed by atoms with Gasteiger partial charge >= 0.3 is 0 Å². The number of benzene rings is 1. The van der Waals surface area contributed by atoms with E-state index in [0.29, 0.717) is 0 Å². The molecule has 28 heavy (non-hydrogen) atoms. The molecule has 0 amide bonds. The molecular formula is C14H15N5O9. The van der Waals surface area contributed by atoms with Gasteiger partial charge in [0.05, 0.1) is 22.5 Å². The molecule has 0 radical (unpaired) electrons. The number of nitro benzene ring substituents is 2. The lowest BCUT2D eigenvalue weighted by molar-refractivity contribution is -0.394. The third-order valence-corrected chi connectivity index (χ3v) is 4.25. The van der Waals surface area contributed by atoms with Gasteiger partial charge in [-0.1, -0.05) is 0 Å². The Balaban J connectivity index is 1.96. The van der Waals surface area contributed by atoms with Gasteiger partial charge < -0.3 is 25.2 Å². The highest BCUT2D eigenvalue weighted by Gasteiger charge is 2.45. The zero-order valence-corrected chi connectivity index (χ0v) is 13.9. The van der Waals surface area contributed by atoms with E-state index in [-0.39, 0.29) is 17.2 Å². The largest absolute Gasteiger partial charge is 0.394 e. The summed E-state index contributed by atoms with van der Waals surface area (Å²) in [5.74, 6) is -0.264. The Kier molecular flexibility index (Phi) is 5.30. The van der Waals surface area contributed by atoms with Crippen molar-refractivity contribution in [3.8, 4) is 11.4 Å². The van der Waals surface area contributed by atoms with E-state index < -0.39 is 58.3 Å². The molecule has 1 aliphatic rings. The molecule has 0 bridgehead atoms. The van der Waals surface area contributed by atoms with Crippen molar-refractivity contribution in [1.82, 2.24) is 15.2 Å². The number of H-pyrrole nitrogens is 1. The highest BCUT2D eigenvalue weighted by molar-refractivity contribution is 5.64. The van der Waals surface area contributed by atoms with Crippen LogP contribution in [-0.2, 0) is 4.74 Å². The van der Waals surface area contributed by atoms with Crippen LogP contribution in [0.2, 0.25) is 0 Å². The molecule has 0 spiro atoms. The van der Waals surface area contributed by atoms with Crippen LogP contribution in [0, 0.1) is 20.2 Å². The Bertz CT molecular complexity index is 869. The standard InChI is InChI=1S/C14H15N5O9/c20-4-8-9(21)10(22)11(23)12(28-8)14-15-13(16-17-14)5-1-6(18(24)25)3-7(2-5)19(26)27/h1-3,8-12,20-23H,4H2,(H,15,16,17)/t8-,9-,10+,11-,12-/m1/s1. The third kappa shape index (κ3) is 3.54. The fourth-order valence-electron chi connectivity index (χ4n) is 2.79. The Morgan fingerprint density at radius 3 is 2.18 bits per heavy atom. The first-order valence-electron chi connectivity index (χ1n) is 7.90. The predicted molar refractivity (Wildman–Crippen MR) is 87.8 cm³/mol. The van der Waals surface area contributed by atoms with E-state index in [4.69, 9.17) is 4.74 Å². The van der Waals surface area contributed by atoms with Crippen LogP contribution in [0.3, 0.4) is 0 Å². The van der Waals surface area contributed by atoms with Crippen molar-refractivity contribution in [2.75, 3.05) is 6.61 Å². The molecule has 2 heterocycles. The van der Waals surface area contributed by atoms with Gasteiger partial charge in [-0.2, -0.15) is 5.10 Å². The van der Waals surface area contributed by atoms with E-state index in [1.54, 1.807) is 0 Å². The maximum absolute atomic E-state index is 11.0. The molecule has 5 atom stereocenters. The van der Waals surface area contributed by atoms with Gasteiger partial charge in [0.1, 0.15) is 30.5 Å². The molecule has 5 N–H and O–H groups in total. The number of aliphatic hydroxyl groups excluding tert-OH is 4. The van der Waals surface area contributed by atoms with Gasteiger partial charge in [-0.25, -0.2) is 4.98 Å². The summed E-state index contributed by atoms with van der Waals surface area (Å²) in [7, 11) is 0.